The molecule has 0 aliphatic carbocycles. The summed E-state index contributed by atoms with van der Waals surface area (Å²) < 4.78 is 5.29. The second-order valence-corrected chi connectivity index (χ2v) is 5.35. The van der Waals surface area contributed by atoms with Crippen LogP contribution in [0.2, 0.25) is 0 Å². The maximum Gasteiger partial charge on any atom is 0.313 e. The van der Waals surface area contributed by atoms with Gasteiger partial charge in [0.1, 0.15) is 0 Å². The number of benzene rings is 2. The Hall–Kier alpha value is -1.83. The predicted octanol–water partition coefficient (Wildman–Crippen LogP) is 4.60. The van der Waals surface area contributed by atoms with Gasteiger partial charge in [-0.2, -0.15) is 0 Å². The van der Waals surface area contributed by atoms with Gasteiger partial charge in [0.2, 0.25) is 0 Å². The molecule has 0 spiro atoms. The smallest absolute Gasteiger partial charge is 0.313 e. The lowest BCUT2D eigenvalue weighted by Crippen LogP contribution is -2.13. The van der Waals surface area contributed by atoms with Crippen LogP contribution >= 0.6 is 0 Å². The van der Waals surface area contributed by atoms with Crippen molar-refractivity contribution in [3.63, 3.8) is 0 Å². The summed E-state index contributed by atoms with van der Waals surface area (Å²) in [5.41, 5.74) is 2.26. The number of ether oxygens (including phenoxy) is 1. The van der Waals surface area contributed by atoms with Crippen molar-refractivity contribution in [1.29, 1.82) is 0 Å². The summed E-state index contributed by atoms with van der Waals surface area (Å²) in [5, 5.41) is 2.38. The second-order valence-electron chi connectivity index (χ2n) is 5.35. The molecule has 0 aromatic heterocycles. The molecule has 2 heteroatoms. The van der Waals surface area contributed by atoms with Gasteiger partial charge in [0.15, 0.2) is 0 Å². The summed E-state index contributed by atoms with van der Waals surface area (Å²) in [7, 11) is 0. The minimum Gasteiger partial charge on any atom is -0.465 e. The Morgan fingerprint density at radius 1 is 1.15 bits per heavy atom. The van der Waals surface area contributed by atoms with Gasteiger partial charge in [0.25, 0.3) is 0 Å². The molecule has 0 N–H and O–H groups in total. The summed E-state index contributed by atoms with van der Waals surface area (Å²) in [6.45, 7) is 6.60. The van der Waals surface area contributed by atoms with Gasteiger partial charge in [-0.05, 0) is 36.6 Å². The minimum atomic E-state index is -0.211. The SMILES string of the molecule is CCCCOC(=O)C(C)c1ccc2cc(C)ccc2c1. The Bertz CT molecular complexity index is 601. The molecule has 2 nitrogen and oxygen atoms in total. The molecule has 2 aromatic rings. The Morgan fingerprint density at radius 2 is 1.85 bits per heavy atom. The number of unbranched alkanes of at least 4 members (excludes halogenated alkanes) is 1. The molecule has 0 amide bonds. The summed E-state index contributed by atoms with van der Waals surface area (Å²) in [6.07, 6.45) is 1.96. The van der Waals surface area contributed by atoms with E-state index in [0.29, 0.717) is 6.61 Å². The Kier molecular flexibility index (Phi) is 4.78. The van der Waals surface area contributed by atoms with E-state index in [9.17, 15) is 4.79 Å². The highest BCUT2D eigenvalue weighted by Gasteiger charge is 2.16. The van der Waals surface area contributed by atoms with E-state index in [2.05, 4.69) is 44.2 Å². The highest BCUT2D eigenvalue weighted by atomic mass is 16.5. The lowest BCUT2D eigenvalue weighted by molar-refractivity contribution is -0.145. The van der Waals surface area contributed by atoms with E-state index in [1.54, 1.807) is 0 Å². The van der Waals surface area contributed by atoms with E-state index in [4.69, 9.17) is 4.74 Å². The minimum absolute atomic E-state index is 0.134. The van der Waals surface area contributed by atoms with E-state index >= 15 is 0 Å². The molecule has 1 unspecified atom stereocenters. The van der Waals surface area contributed by atoms with Crippen LogP contribution in [0.15, 0.2) is 36.4 Å². The van der Waals surface area contributed by atoms with Crippen molar-refractivity contribution in [2.75, 3.05) is 6.61 Å². The van der Waals surface area contributed by atoms with Crippen LogP contribution in [0.1, 0.15) is 43.7 Å². The largest absolute Gasteiger partial charge is 0.465 e. The third kappa shape index (κ3) is 3.38. The average molecular weight is 270 g/mol. The van der Waals surface area contributed by atoms with Crippen LogP contribution in [-0.4, -0.2) is 12.6 Å². The summed E-state index contributed by atoms with van der Waals surface area (Å²) in [4.78, 5) is 12.0. The first-order chi connectivity index (χ1) is 9.61. The van der Waals surface area contributed by atoms with E-state index in [1.807, 2.05) is 13.0 Å². The lowest BCUT2D eigenvalue weighted by Gasteiger charge is -2.12. The summed E-state index contributed by atoms with van der Waals surface area (Å²) >= 11 is 0. The normalized spacial score (nSPS) is 12.3. The zero-order chi connectivity index (χ0) is 14.5. The third-order valence-corrected chi connectivity index (χ3v) is 3.62. The van der Waals surface area contributed by atoms with Gasteiger partial charge >= 0.3 is 5.97 Å². The molecule has 20 heavy (non-hydrogen) atoms. The first-order valence-electron chi connectivity index (χ1n) is 7.28. The van der Waals surface area contributed by atoms with Gasteiger partial charge in [0.05, 0.1) is 12.5 Å². The quantitative estimate of drug-likeness (QED) is 0.586. The number of hydrogen-bond acceptors (Lipinski definition) is 2. The second kappa shape index (κ2) is 6.56. The molecule has 0 saturated heterocycles. The predicted molar refractivity (Wildman–Crippen MR) is 83.0 cm³/mol. The number of hydrogen-bond donors (Lipinski definition) is 0. The van der Waals surface area contributed by atoms with Crippen molar-refractivity contribution in [3.05, 3.63) is 47.5 Å². The van der Waals surface area contributed by atoms with Gasteiger partial charge in [-0.3, -0.25) is 4.79 Å². The Morgan fingerprint density at radius 3 is 2.60 bits per heavy atom. The third-order valence-electron chi connectivity index (χ3n) is 3.62. The van der Waals surface area contributed by atoms with E-state index in [-0.39, 0.29) is 11.9 Å². The van der Waals surface area contributed by atoms with Crippen LogP contribution in [-0.2, 0) is 9.53 Å². The fraction of sp³-hybridized carbons (Fsp3) is 0.389. The monoisotopic (exact) mass is 270 g/mol. The van der Waals surface area contributed by atoms with E-state index in [1.165, 1.54) is 16.3 Å². The van der Waals surface area contributed by atoms with Gasteiger partial charge in [-0.15, -0.1) is 0 Å². The van der Waals surface area contributed by atoms with Crippen LogP contribution in [0, 0.1) is 6.92 Å². The average Bonchev–Trinajstić information content (AvgIpc) is 2.46. The fourth-order valence-corrected chi connectivity index (χ4v) is 2.23. The van der Waals surface area contributed by atoms with Crippen LogP contribution in [0.4, 0.5) is 0 Å². The highest BCUT2D eigenvalue weighted by Crippen LogP contribution is 2.23. The molecule has 0 aliphatic heterocycles. The highest BCUT2D eigenvalue weighted by molar-refractivity contribution is 5.86. The van der Waals surface area contributed by atoms with Crippen LogP contribution in [0.25, 0.3) is 10.8 Å². The molecule has 0 saturated carbocycles. The van der Waals surface area contributed by atoms with Crippen molar-refractivity contribution in [3.8, 4) is 0 Å². The molecule has 106 valence electrons. The van der Waals surface area contributed by atoms with Crippen LogP contribution in [0.3, 0.4) is 0 Å². The topological polar surface area (TPSA) is 26.3 Å². The Labute approximate surface area is 120 Å². The molecule has 0 heterocycles. The zero-order valence-corrected chi connectivity index (χ0v) is 12.5. The van der Waals surface area contributed by atoms with Crippen molar-refractivity contribution in [1.82, 2.24) is 0 Å². The molecule has 0 bridgehead atoms. The van der Waals surface area contributed by atoms with Gasteiger partial charge in [0, 0.05) is 0 Å². The van der Waals surface area contributed by atoms with Crippen molar-refractivity contribution < 1.29 is 9.53 Å². The number of fused-ring (bicyclic) bond motifs is 1. The molecule has 0 radical (unpaired) electrons. The number of carbonyl (C=O) groups is 1. The maximum absolute atomic E-state index is 12.0. The summed E-state index contributed by atoms with van der Waals surface area (Å²) in [5.74, 6) is -0.345. The van der Waals surface area contributed by atoms with Crippen LogP contribution in [0.5, 0.6) is 0 Å². The van der Waals surface area contributed by atoms with Crippen LogP contribution < -0.4 is 0 Å². The maximum atomic E-state index is 12.0. The van der Waals surface area contributed by atoms with Gasteiger partial charge in [-0.1, -0.05) is 55.3 Å². The number of carbonyl (C=O) groups excluding carboxylic acids is 1. The van der Waals surface area contributed by atoms with E-state index in [0.717, 1.165) is 18.4 Å². The van der Waals surface area contributed by atoms with Gasteiger partial charge < -0.3 is 4.74 Å². The number of rotatable bonds is 5. The molecule has 1 atom stereocenters. The first-order valence-corrected chi connectivity index (χ1v) is 7.28. The zero-order valence-electron chi connectivity index (χ0n) is 12.5. The van der Waals surface area contributed by atoms with Crippen molar-refractivity contribution in [2.45, 2.75) is 39.5 Å². The molecule has 2 aromatic carbocycles. The molecule has 2 rings (SSSR count). The lowest BCUT2D eigenvalue weighted by atomic mass is 9.97. The fourth-order valence-electron chi connectivity index (χ4n) is 2.23. The number of aryl methyl sites for hydroxylation is 1. The standard InChI is InChI=1S/C18H22O2/c1-4-5-10-20-18(19)14(3)15-8-9-16-11-13(2)6-7-17(16)12-15/h6-9,11-12,14H,4-5,10H2,1-3H3. The molecule has 0 fully saturated rings. The van der Waals surface area contributed by atoms with Crippen molar-refractivity contribution >= 4 is 16.7 Å². The van der Waals surface area contributed by atoms with E-state index < -0.39 is 0 Å². The van der Waals surface area contributed by atoms with Crippen molar-refractivity contribution in [2.24, 2.45) is 0 Å². The number of esters is 1. The summed E-state index contributed by atoms with van der Waals surface area (Å²) in [6, 6.07) is 12.5. The molecule has 0 aliphatic rings. The molecular formula is C18H22O2. The first kappa shape index (κ1) is 14.6. The Balaban J connectivity index is 2.15. The van der Waals surface area contributed by atoms with Gasteiger partial charge in [-0.25, -0.2) is 0 Å². The molecular weight excluding hydrogens is 248 g/mol.